The number of Topliss-reactive ketones (excluding diaryl/α,β-unsaturated/α-hetero) is 1. The third kappa shape index (κ3) is 2.53. The summed E-state index contributed by atoms with van der Waals surface area (Å²) in [4.78, 5) is 11.9. The molecule has 0 unspecified atom stereocenters. The number of ether oxygens (including phenoxy) is 3. The maximum absolute atomic E-state index is 11.9. The van der Waals surface area contributed by atoms with Crippen LogP contribution in [-0.4, -0.2) is 38.0 Å². The Morgan fingerprint density at radius 2 is 1.61 bits per heavy atom. The van der Waals surface area contributed by atoms with Crippen molar-refractivity contribution < 1.29 is 24.2 Å². The highest BCUT2D eigenvalue weighted by Crippen LogP contribution is 2.38. The maximum Gasteiger partial charge on any atom is 0.210 e. The number of benzene rings is 1. The van der Waals surface area contributed by atoms with Gasteiger partial charge in [-0.05, 0) is 19.1 Å². The molecular formula is C12H15NO5. The Balaban J connectivity index is 3.36. The number of ketones is 1. The minimum absolute atomic E-state index is 0.0238. The first kappa shape index (κ1) is 13.8. The van der Waals surface area contributed by atoms with Crippen LogP contribution in [0.2, 0.25) is 0 Å². The summed E-state index contributed by atoms with van der Waals surface area (Å²) in [5.74, 6) is 0.712. The van der Waals surface area contributed by atoms with E-state index in [1.807, 2.05) is 0 Å². The molecule has 98 valence electrons. The van der Waals surface area contributed by atoms with Crippen molar-refractivity contribution in [2.24, 2.45) is 5.16 Å². The van der Waals surface area contributed by atoms with Gasteiger partial charge in [-0.3, -0.25) is 4.79 Å². The van der Waals surface area contributed by atoms with Gasteiger partial charge in [0, 0.05) is 5.56 Å². The zero-order valence-electron chi connectivity index (χ0n) is 10.7. The van der Waals surface area contributed by atoms with E-state index in [0.717, 1.165) is 0 Å². The van der Waals surface area contributed by atoms with E-state index < -0.39 is 5.78 Å². The van der Waals surface area contributed by atoms with Crippen molar-refractivity contribution >= 4 is 11.5 Å². The van der Waals surface area contributed by atoms with Crippen molar-refractivity contribution in [2.45, 2.75) is 6.92 Å². The minimum atomic E-state index is -0.420. The van der Waals surface area contributed by atoms with Gasteiger partial charge >= 0.3 is 0 Å². The van der Waals surface area contributed by atoms with E-state index in [9.17, 15) is 4.79 Å². The summed E-state index contributed by atoms with van der Waals surface area (Å²) >= 11 is 0. The van der Waals surface area contributed by atoms with Gasteiger partial charge < -0.3 is 19.4 Å². The average molecular weight is 253 g/mol. The number of carbonyl (C=O) groups is 1. The Bertz CT molecular complexity index is 456. The minimum Gasteiger partial charge on any atom is -0.493 e. The SMILES string of the molecule is COc1cc(C(=O)/C(C)=N/O)cc(OC)c1OC. The molecular weight excluding hydrogens is 238 g/mol. The molecule has 1 rings (SSSR count). The Labute approximate surface area is 105 Å². The monoisotopic (exact) mass is 253 g/mol. The van der Waals surface area contributed by atoms with Gasteiger partial charge in [0.15, 0.2) is 11.5 Å². The molecule has 1 aromatic rings. The number of carbonyl (C=O) groups excluding carboxylic acids is 1. The van der Waals surface area contributed by atoms with Crippen molar-refractivity contribution in [3.8, 4) is 17.2 Å². The molecule has 1 N–H and O–H groups in total. The van der Waals surface area contributed by atoms with E-state index in [2.05, 4.69) is 5.16 Å². The summed E-state index contributed by atoms with van der Waals surface area (Å²) in [6.45, 7) is 1.41. The molecule has 0 bridgehead atoms. The quantitative estimate of drug-likeness (QED) is 0.374. The van der Waals surface area contributed by atoms with E-state index in [0.29, 0.717) is 22.8 Å². The normalized spacial score (nSPS) is 11.0. The molecule has 0 spiro atoms. The zero-order valence-corrected chi connectivity index (χ0v) is 10.7. The lowest BCUT2D eigenvalue weighted by Crippen LogP contribution is -2.11. The molecule has 6 heteroatoms. The molecule has 0 aliphatic heterocycles. The van der Waals surface area contributed by atoms with Crippen molar-refractivity contribution in [3.05, 3.63) is 17.7 Å². The number of methoxy groups -OCH3 is 3. The van der Waals surface area contributed by atoms with Gasteiger partial charge in [-0.25, -0.2) is 0 Å². The first-order valence-electron chi connectivity index (χ1n) is 5.12. The van der Waals surface area contributed by atoms with Crippen LogP contribution in [0.4, 0.5) is 0 Å². The Kier molecular flexibility index (Phi) is 4.53. The second-order valence-electron chi connectivity index (χ2n) is 3.43. The number of hydrogen-bond acceptors (Lipinski definition) is 6. The standard InChI is InChI=1S/C12H15NO5/c1-7(13-15)11(14)8-5-9(16-2)12(18-4)10(6-8)17-3/h5-6,15H,1-4H3/b13-7+. The van der Waals surface area contributed by atoms with Gasteiger partial charge in [-0.15, -0.1) is 0 Å². The third-order valence-electron chi connectivity index (χ3n) is 2.41. The molecule has 0 atom stereocenters. The summed E-state index contributed by atoms with van der Waals surface area (Å²) in [5, 5.41) is 11.5. The number of hydrogen-bond donors (Lipinski definition) is 1. The highest BCUT2D eigenvalue weighted by molar-refractivity contribution is 6.45. The lowest BCUT2D eigenvalue weighted by atomic mass is 10.1. The van der Waals surface area contributed by atoms with Crippen molar-refractivity contribution in [1.29, 1.82) is 0 Å². The Hall–Kier alpha value is -2.24. The van der Waals surface area contributed by atoms with Crippen LogP contribution in [0, 0.1) is 0 Å². The molecule has 1 aromatic carbocycles. The highest BCUT2D eigenvalue weighted by atomic mass is 16.5. The van der Waals surface area contributed by atoms with E-state index >= 15 is 0 Å². The predicted octanol–water partition coefficient (Wildman–Crippen LogP) is 1.75. The lowest BCUT2D eigenvalue weighted by Gasteiger charge is -2.13. The van der Waals surface area contributed by atoms with Crippen molar-refractivity contribution in [2.75, 3.05) is 21.3 Å². The van der Waals surface area contributed by atoms with Crippen LogP contribution in [0.15, 0.2) is 17.3 Å². The third-order valence-corrected chi connectivity index (χ3v) is 2.41. The Morgan fingerprint density at radius 3 is 1.94 bits per heavy atom. The van der Waals surface area contributed by atoms with Crippen LogP contribution in [-0.2, 0) is 0 Å². The van der Waals surface area contributed by atoms with E-state index in [4.69, 9.17) is 19.4 Å². The van der Waals surface area contributed by atoms with Gasteiger partial charge in [-0.1, -0.05) is 5.16 Å². The molecule has 0 radical (unpaired) electrons. The summed E-state index contributed by atoms with van der Waals surface area (Å²) in [6.07, 6.45) is 0. The second-order valence-corrected chi connectivity index (χ2v) is 3.43. The highest BCUT2D eigenvalue weighted by Gasteiger charge is 2.18. The molecule has 0 saturated carbocycles. The first-order valence-corrected chi connectivity index (χ1v) is 5.12. The van der Waals surface area contributed by atoms with Crippen LogP contribution in [0.5, 0.6) is 17.2 Å². The zero-order chi connectivity index (χ0) is 13.7. The smallest absolute Gasteiger partial charge is 0.210 e. The van der Waals surface area contributed by atoms with E-state index in [-0.39, 0.29) is 5.71 Å². The molecule has 0 fully saturated rings. The number of nitrogens with zero attached hydrogens (tertiary/aromatic N) is 1. The van der Waals surface area contributed by atoms with Gasteiger partial charge in [0.25, 0.3) is 0 Å². The maximum atomic E-state index is 11.9. The molecule has 18 heavy (non-hydrogen) atoms. The fraction of sp³-hybridized carbons (Fsp3) is 0.333. The van der Waals surface area contributed by atoms with Crippen LogP contribution < -0.4 is 14.2 Å². The van der Waals surface area contributed by atoms with Gasteiger partial charge in [-0.2, -0.15) is 0 Å². The van der Waals surface area contributed by atoms with Crippen molar-refractivity contribution in [1.82, 2.24) is 0 Å². The molecule has 0 heterocycles. The number of oxime groups is 1. The average Bonchev–Trinajstić information content (AvgIpc) is 2.43. The molecule has 0 aromatic heterocycles. The van der Waals surface area contributed by atoms with E-state index in [1.165, 1.54) is 40.4 Å². The number of rotatable bonds is 5. The molecule has 0 saturated heterocycles. The Morgan fingerprint density at radius 1 is 1.11 bits per heavy atom. The predicted molar refractivity (Wildman–Crippen MR) is 65.3 cm³/mol. The first-order chi connectivity index (χ1) is 8.58. The molecule has 0 aliphatic rings. The summed E-state index contributed by atoms with van der Waals surface area (Å²) < 4.78 is 15.4. The van der Waals surface area contributed by atoms with Gasteiger partial charge in [0.2, 0.25) is 11.5 Å². The lowest BCUT2D eigenvalue weighted by molar-refractivity contribution is 0.106. The van der Waals surface area contributed by atoms with E-state index in [1.54, 1.807) is 0 Å². The van der Waals surface area contributed by atoms with Crippen molar-refractivity contribution in [3.63, 3.8) is 0 Å². The fourth-order valence-electron chi connectivity index (χ4n) is 1.47. The molecule has 0 amide bonds. The van der Waals surface area contributed by atoms with Gasteiger partial charge in [0.05, 0.1) is 21.3 Å². The topological polar surface area (TPSA) is 77.4 Å². The summed E-state index contributed by atoms with van der Waals surface area (Å²) in [5.41, 5.74) is 0.268. The van der Waals surface area contributed by atoms with Crippen LogP contribution in [0.1, 0.15) is 17.3 Å². The molecule has 6 nitrogen and oxygen atoms in total. The largest absolute Gasteiger partial charge is 0.493 e. The fourth-order valence-corrected chi connectivity index (χ4v) is 1.47. The van der Waals surface area contributed by atoms with Gasteiger partial charge in [0.1, 0.15) is 5.71 Å². The van der Waals surface area contributed by atoms with Crippen LogP contribution in [0.25, 0.3) is 0 Å². The van der Waals surface area contributed by atoms with Crippen LogP contribution >= 0.6 is 0 Å². The van der Waals surface area contributed by atoms with Crippen LogP contribution in [0.3, 0.4) is 0 Å². The summed E-state index contributed by atoms with van der Waals surface area (Å²) in [6, 6.07) is 3.00. The second kappa shape index (κ2) is 5.90. The summed E-state index contributed by atoms with van der Waals surface area (Å²) in [7, 11) is 4.39. The molecule has 0 aliphatic carbocycles.